The van der Waals surface area contributed by atoms with Crippen molar-refractivity contribution in [1.29, 1.82) is 0 Å². The molecule has 2 fully saturated rings. The topological polar surface area (TPSA) is 46.3 Å². The van der Waals surface area contributed by atoms with Crippen molar-refractivity contribution in [3.8, 4) is 0 Å². The quantitative estimate of drug-likeness (QED) is 0.909. The molecule has 1 aromatic rings. The molecule has 1 saturated carbocycles. The summed E-state index contributed by atoms with van der Waals surface area (Å²) in [5.74, 6) is 0.762. The lowest BCUT2D eigenvalue weighted by Gasteiger charge is -2.39. The molecule has 3 unspecified atom stereocenters. The molecule has 0 bridgehead atoms. The van der Waals surface area contributed by atoms with Crippen LogP contribution in [0.2, 0.25) is 0 Å². The Morgan fingerprint density at radius 1 is 1.45 bits per heavy atom. The molecule has 1 aromatic heterocycles. The van der Waals surface area contributed by atoms with Crippen LogP contribution in [0.3, 0.4) is 0 Å². The molecule has 0 radical (unpaired) electrons. The number of thiophene rings is 1. The van der Waals surface area contributed by atoms with Crippen molar-refractivity contribution >= 4 is 17.2 Å². The van der Waals surface area contributed by atoms with E-state index in [4.69, 9.17) is 5.73 Å². The second-order valence-electron chi connectivity index (χ2n) is 6.57. The van der Waals surface area contributed by atoms with E-state index in [1.165, 1.54) is 12.0 Å². The molecule has 3 nitrogen and oxygen atoms in total. The summed E-state index contributed by atoms with van der Waals surface area (Å²) in [6.45, 7) is 3.08. The Morgan fingerprint density at radius 3 is 3.00 bits per heavy atom. The first-order valence-corrected chi connectivity index (χ1v) is 8.66. The number of rotatable bonds is 2. The number of carbonyl (C=O) groups is 1. The van der Waals surface area contributed by atoms with Gasteiger partial charge in [0, 0.05) is 6.54 Å². The number of hydrogen-bond donors (Lipinski definition) is 1. The molecule has 3 atom stereocenters. The molecule has 1 amide bonds. The zero-order valence-electron chi connectivity index (χ0n) is 12.2. The SMILES string of the molecule is CC1CCCC(N)(C(=O)N2CCCC2c2ccsc2)C1. The molecule has 20 heavy (non-hydrogen) atoms. The highest BCUT2D eigenvalue weighted by Crippen LogP contribution is 2.38. The van der Waals surface area contributed by atoms with Crippen LogP contribution < -0.4 is 5.73 Å². The highest BCUT2D eigenvalue weighted by Gasteiger charge is 2.43. The van der Waals surface area contributed by atoms with Gasteiger partial charge in [-0.2, -0.15) is 11.3 Å². The normalized spacial score (nSPS) is 34.4. The standard InChI is InChI=1S/C16H24N2OS/c1-12-4-2-7-16(17,10-12)15(19)18-8-3-5-14(18)13-6-9-20-11-13/h6,9,11-12,14H,2-5,7-8,10,17H2,1H3. The zero-order valence-corrected chi connectivity index (χ0v) is 13.0. The van der Waals surface area contributed by atoms with E-state index in [9.17, 15) is 4.79 Å². The molecular weight excluding hydrogens is 268 g/mol. The highest BCUT2D eigenvalue weighted by molar-refractivity contribution is 7.07. The zero-order chi connectivity index (χ0) is 14.2. The number of amides is 1. The Bertz CT molecular complexity index is 473. The average molecular weight is 292 g/mol. The molecule has 0 spiro atoms. The smallest absolute Gasteiger partial charge is 0.243 e. The lowest BCUT2D eigenvalue weighted by atomic mass is 9.76. The third kappa shape index (κ3) is 2.51. The maximum absolute atomic E-state index is 13.0. The van der Waals surface area contributed by atoms with Crippen molar-refractivity contribution in [2.24, 2.45) is 11.7 Å². The van der Waals surface area contributed by atoms with Gasteiger partial charge in [0.05, 0.1) is 11.6 Å². The number of nitrogens with zero attached hydrogens (tertiary/aromatic N) is 1. The Labute approximate surface area is 125 Å². The van der Waals surface area contributed by atoms with E-state index in [1.54, 1.807) is 11.3 Å². The van der Waals surface area contributed by atoms with Gasteiger partial charge in [0.15, 0.2) is 0 Å². The van der Waals surface area contributed by atoms with Gasteiger partial charge in [0.25, 0.3) is 0 Å². The second kappa shape index (κ2) is 5.49. The van der Waals surface area contributed by atoms with E-state index >= 15 is 0 Å². The fraction of sp³-hybridized carbons (Fsp3) is 0.688. The Morgan fingerprint density at radius 2 is 2.30 bits per heavy atom. The fourth-order valence-electron chi connectivity index (χ4n) is 3.89. The molecule has 0 aromatic carbocycles. The van der Waals surface area contributed by atoms with Gasteiger partial charge in [0.1, 0.15) is 0 Å². The minimum absolute atomic E-state index is 0.192. The monoisotopic (exact) mass is 292 g/mol. The average Bonchev–Trinajstić information content (AvgIpc) is 3.08. The first-order chi connectivity index (χ1) is 9.60. The Hall–Kier alpha value is -0.870. The molecule has 3 rings (SSSR count). The van der Waals surface area contributed by atoms with Crippen molar-refractivity contribution in [3.63, 3.8) is 0 Å². The van der Waals surface area contributed by atoms with Crippen molar-refractivity contribution in [2.75, 3.05) is 6.54 Å². The van der Waals surface area contributed by atoms with Gasteiger partial charge in [-0.05, 0) is 54.0 Å². The first-order valence-electron chi connectivity index (χ1n) is 7.72. The van der Waals surface area contributed by atoms with E-state index in [1.807, 2.05) is 0 Å². The molecular formula is C16H24N2OS. The lowest BCUT2D eigenvalue weighted by Crippen LogP contribution is -2.57. The van der Waals surface area contributed by atoms with Gasteiger partial charge < -0.3 is 10.6 Å². The molecule has 2 aliphatic rings. The van der Waals surface area contributed by atoms with Crippen LogP contribution in [0.5, 0.6) is 0 Å². The summed E-state index contributed by atoms with van der Waals surface area (Å²) in [6, 6.07) is 2.40. The van der Waals surface area contributed by atoms with Crippen molar-refractivity contribution in [2.45, 2.75) is 57.0 Å². The molecule has 110 valence electrons. The summed E-state index contributed by atoms with van der Waals surface area (Å²) in [7, 11) is 0. The Kier molecular flexibility index (Phi) is 3.87. The van der Waals surface area contributed by atoms with Gasteiger partial charge in [-0.1, -0.05) is 19.8 Å². The number of carbonyl (C=O) groups excluding carboxylic acids is 1. The van der Waals surface area contributed by atoms with E-state index in [0.717, 1.165) is 38.6 Å². The molecule has 1 saturated heterocycles. The number of likely N-dealkylation sites (tertiary alicyclic amines) is 1. The number of hydrogen-bond acceptors (Lipinski definition) is 3. The van der Waals surface area contributed by atoms with Gasteiger partial charge in [-0.3, -0.25) is 4.79 Å². The summed E-state index contributed by atoms with van der Waals surface area (Å²) in [5.41, 5.74) is 7.17. The fourth-order valence-corrected chi connectivity index (χ4v) is 4.60. The van der Waals surface area contributed by atoms with Crippen molar-refractivity contribution in [1.82, 2.24) is 4.90 Å². The largest absolute Gasteiger partial charge is 0.334 e. The minimum atomic E-state index is -0.615. The van der Waals surface area contributed by atoms with Crippen molar-refractivity contribution < 1.29 is 4.79 Å². The van der Waals surface area contributed by atoms with Crippen LogP contribution in [0, 0.1) is 5.92 Å². The first kappa shape index (κ1) is 14.1. The van der Waals surface area contributed by atoms with Crippen molar-refractivity contribution in [3.05, 3.63) is 22.4 Å². The lowest BCUT2D eigenvalue weighted by molar-refractivity contribution is -0.139. The van der Waals surface area contributed by atoms with Crippen LogP contribution in [0.25, 0.3) is 0 Å². The van der Waals surface area contributed by atoms with Crippen LogP contribution in [0.15, 0.2) is 16.8 Å². The van der Waals surface area contributed by atoms with E-state index in [2.05, 4.69) is 28.7 Å². The van der Waals surface area contributed by atoms with Gasteiger partial charge >= 0.3 is 0 Å². The maximum atomic E-state index is 13.0. The van der Waals surface area contributed by atoms with Crippen LogP contribution in [-0.4, -0.2) is 22.9 Å². The van der Waals surface area contributed by atoms with Gasteiger partial charge in [-0.15, -0.1) is 0 Å². The predicted molar refractivity (Wildman–Crippen MR) is 82.6 cm³/mol. The maximum Gasteiger partial charge on any atom is 0.243 e. The third-order valence-electron chi connectivity index (χ3n) is 4.90. The van der Waals surface area contributed by atoms with Crippen LogP contribution in [-0.2, 0) is 4.79 Å². The minimum Gasteiger partial charge on any atom is -0.334 e. The molecule has 4 heteroatoms. The third-order valence-corrected chi connectivity index (χ3v) is 5.60. The van der Waals surface area contributed by atoms with E-state index in [0.29, 0.717) is 5.92 Å². The van der Waals surface area contributed by atoms with Gasteiger partial charge in [-0.25, -0.2) is 0 Å². The summed E-state index contributed by atoms with van der Waals surface area (Å²) < 4.78 is 0. The molecule has 2 heterocycles. The summed E-state index contributed by atoms with van der Waals surface area (Å²) in [5, 5.41) is 4.26. The predicted octanol–water partition coefficient (Wildman–Crippen LogP) is 3.32. The van der Waals surface area contributed by atoms with Crippen LogP contribution in [0.1, 0.15) is 57.1 Å². The van der Waals surface area contributed by atoms with Crippen LogP contribution in [0.4, 0.5) is 0 Å². The second-order valence-corrected chi connectivity index (χ2v) is 7.35. The number of nitrogens with two attached hydrogens (primary N) is 1. The molecule has 1 aliphatic carbocycles. The summed E-state index contributed by atoms with van der Waals surface area (Å²) in [4.78, 5) is 15.0. The Balaban J connectivity index is 1.79. The van der Waals surface area contributed by atoms with E-state index in [-0.39, 0.29) is 11.9 Å². The summed E-state index contributed by atoms with van der Waals surface area (Å²) in [6.07, 6.45) is 6.16. The van der Waals surface area contributed by atoms with Crippen LogP contribution >= 0.6 is 11.3 Å². The van der Waals surface area contributed by atoms with Gasteiger partial charge in [0.2, 0.25) is 5.91 Å². The molecule has 2 N–H and O–H groups in total. The van der Waals surface area contributed by atoms with E-state index < -0.39 is 5.54 Å². The molecule has 1 aliphatic heterocycles. The highest BCUT2D eigenvalue weighted by atomic mass is 32.1. The summed E-state index contributed by atoms with van der Waals surface area (Å²) >= 11 is 1.71.